The molecule has 0 bridgehead atoms. The van der Waals surface area contributed by atoms with Crippen LogP contribution in [0.25, 0.3) is 0 Å². The standard InChI is InChI=1S/C10H8NO.C4H8O2.C4H8O.2C3H7NO.3C3H6O2.C3H6O.C2H5NO.CH4/c1-3-4-5-6-7-8-9-10(12)11-2;1-4(5)3-6-2;1-3-4(2)5;2*1-3(5)4-2;3*1-3(4)5-2;1-3(2)4;1-3-2-4;/h1,8H,9H2,2H3,(H,11,12);3H2,1-2H3;3H2,1-2H3;2*1-2H3,(H,4,5);3*1-2H3;1-2H3;2H,1H3,(H,3,4);1H4/q-1;;;;;;;;;;. The lowest BCUT2D eigenvalue weighted by atomic mass is 10.3. The van der Waals surface area contributed by atoms with Crippen LogP contribution in [0.2, 0.25) is 0 Å². The summed E-state index contributed by atoms with van der Waals surface area (Å²) in [5.74, 6) is 11.6. The zero-order chi connectivity index (χ0) is 46.9. The third kappa shape index (κ3) is 290. The van der Waals surface area contributed by atoms with Crippen LogP contribution in [0.1, 0.15) is 89.5 Å². The molecule has 57 heavy (non-hydrogen) atoms. The Kier molecular flexibility index (Phi) is 110. The lowest BCUT2D eigenvalue weighted by Crippen LogP contribution is -2.16. The van der Waals surface area contributed by atoms with Crippen LogP contribution in [0.15, 0.2) is 0 Å². The predicted molar refractivity (Wildman–Crippen MR) is 222 cm³/mol. The van der Waals surface area contributed by atoms with Crippen molar-refractivity contribution in [3.8, 4) is 36.0 Å². The number of nitrogens with one attached hydrogen (secondary N) is 4. The Bertz CT molecular complexity index is 1090. The molecule has 0 saturated heterocycles. The summed E-state index contributed by atoms with van der Waals surface area (Å²) in [7, 11) is 11.9. The molecule has 18 nitrogen and oxygen atoms in total. The van der Waals surface area contributed by atoms with Crippen molar-refractivity contribution in [1.82, 2.24) is 21.3 Å². The number of methoxy groups -OCH3 is 4. The highest BCUT2D eigenvalue weighted by Crippen LogP contribution is 1.82. The average Bonchev–Trinajstić information content (AvgIpc) is 3.14. The van der Waals surface area contributed by atoms with Crippen molar-refractivity contribution >= 4 is 59.4 Å². The molecule has 0 aromatic heterocycles. The topological polar surface area (TPSA) is 256 Å². The fourth-order valence-corrected chi connectivity index (χ4v) is 0.604. The van der Waals surface area contributed by atoms with Crippen molar-refractivity contribution in [2.75, 3.05) is 63.2 Å². The first-order valence-electron chi connectivity index (χ1n) is 15.9. The maximum atomic E-state index is 10.6. The number of rotatable bonds is 6. The monoisotopic (exact) mass is 819 g/mol. The van der Waals surface area contributed by atoms with E-state index < -0.39 is 0 Å². The first-order valence-corrected chi connectivity index (χ1v) is 15.9. The summed E-state index contributed by atoms with van der Waals surface area (Å²) in [5.41, 5.74) is 0. The number of carbonyl (C=O) groups excluding carboxylic acids is 10. The summed E-state index contributed by atoms with van der Waals surface area (Å²) in [6, 6.07) is 0. The molecule has 0 aromatic carbocycles. The Morgan fingerprint density at radius 1 is 0.614 bits per heavy atom. The van der Waals surface area contributed by atoms with Crippen LogP contribution in [0, 0.1) is 42.4 Å². The number of ketones is 3. The number of Topliss-reactive ketones (excluding diaryl/α,β-unsaturated/α-hetero) is 3. The van der Waals surface area contributed by atoms with Crippen molar-refractivity contribution in [3.63, 3.8) is 0 Å². The van der Waals surface area contributed by atoms with E-state index in [0.717, 1.165) is 0 Å². The molecule has 18 heteroatoms. The highest BCUT2D eigenvalue weighted by Gasteiger charge is 1.87. The second kappa shape index (κ2) is 78.8. The van der Waals surface area contributed by atoms with Gasteiger partial charge in [-0.15, -0.1) is 12.3 Å². The van der Waals surface area contributed by atoms with E-state index in [-0.39, 0.29) is 73.4 Å². The molecule has 0 aliphatic heterocycles. The highest BCUT2D eigenvalue weighted by molar-refractivity contribution is 5.77. The van der Waals surface area contributed by atoms with Gasteiger partial charge in [0.2, 0.25) is 24.1 Å². The van der Waals surface area contributed by atoms with Gasteiger partial charge in [0.1, 0.15) is 18.2 Å². The Morgan fingerprint density at radius 3 is 1.02 bits per heavy atom. The number of carbonyl (C=O) groups is 10. The second-order valence-corrected chi connectivity index (χ2v) is 8.95. The predicted octanol–water partition coefficient (Wildman–Crippen LogP) is 1.81. The minimum absolute atomic E-state index is 0. The van der Waals surface area contributed by atoms with E-state index in [1.54, 1.807) is 35.1 Å². The quantitative estimate of drug-likeness (QED) is 0.0981. The number of amides is 4. The molecule has 4 amide bonds. The van der Waals surface area contributed by atoms with Gasteiger partial charge >= 0.3 is 17.9 Å². The van der Waals surface area contributed by atoms with Crippen LogP contribution in [0.5, 0.6) is 0 Å². The molecule has 0 heterocycles. The summed E-state index contributed by atoms with van der Waals surface area (Å²) in [4.78, 5) is 97.0. The van der Waals surface area contributed by atoms with Gasteiger partial charge in [-0.3, -0.25) is 44.3 Å². The third-order valence-corrected chi connectivity index (χ3v) is 3.47. The van der Waals surface area contributed by atoms with Gasteiger partial charge in [-0.1, -0.05) is 14.4 Å². The summed E-state index contributed by atoms with van der Waals surface area (Å²) in [5, 5.41) is 9.49. The molecule has 0 saturated carbocycles. The number of hydrogen-bond donors (Lipinski definition) is 4. The Balaban J connectivity index is -0.0000000469. The molecular weight excluding hydrogens is 748 g/mol. The second-order valence-electron chi connectivity index (χ2n) is 8.95. The van der Waals surface area contributed by atoms with Crippen molar-refractivity contribution in [1.29, 1.82) is 0 Å². The van der Waals surface area contributed by atoms with Crippen molar-refractivity contribution in [2.45, 2.75) is 89.5 Å². The van der Waals surface area contributed by atoms with Crippen molar-refractivity contribution in [3.05, 3.63) is 6.42 Å². The largest absolute Gasteiger partial charge is 0.469 e. The SMILES string of the molecule is C.C#CC#CC#C[CH-]CC(=O)NC.CC(C)=O.CCC(C)=O.CNC(C)=O.CNC(C)=O.CNC=O.COC(C)=O.COC(C)=O.COC(C)=O.COCC(C)=O. The van der Waals surface area contributed by atoms with Gasteiger partial charge < -0.3 is 49.8 Å². The molecule has 0 aliphatic carbocycles. The average molecular weight is 820 g/mol. The number of terminal acetylenes is 1. The maximum absolute atomic E-state index is 10.6. The molecule has 0 aliphatic rings. The van der Waals surface area contributed by atoms with Crippen molar-refractivity contribution < 1.29 is 66.9 Å². The van der Waals surface area contributed by atoms with Crippen LogP contribution < -0.4 is 21.3 Å². The fourth-order valence-electron chi connectivity index (χ4n) is 0.604. The summed E-state index contributed by atoms with van der Waals surface area (Å²) in [6.07, 6.45) is 7.95. The minimum Gasteiger partial charge on any atom is -0.469 e. The summed E-state index contributed by atoms with van der Waals surface area (Å²) >= 11 is 0. The summed E-state index contributed by atoms with van der Waals surface area (Å²) in [6.45, 7) is 15.2. The lowest BCUT2D eigenvalue weighted by molar-refractivity contribution is -0.138. The van der Waals surface area contributed by atoms with Gasteiger partial charge in [0, 0.05) is 76.3 Å². The minimum atomic E-state index is -0.245. The zero-order valence-corrected chi connectivity index (χ0v) is 36.6. The van der Waals surface area contributed by atoms with Crippen LogP contribution in [0.3, 0.4) is 0 Å². The third-order valence-electron chi connectivity index (χ3n) is 3.47. The normalized spacial score (nSPS) is 6.61. The van der Waals surface area contributed by atoms with E-state index in [1.165, 1.54) is 90.2 Å². The van der Waals surface area contributed by atoms with Gasteiger partial charge in [0.25, 0.3) is 0 Å². The van der Waals surface area contributed by atoms with Crippen LogP contribution in [-0.2, 0) is 66.9 Å². The lowest BCUT2D eigenvalue weighted by Gasteiger charge is -1.97. The Morgan fingerprint density at radius 2 is 0.895 bits per heavy atom. The molecule has 332 valence electrons. The number of esters is 3. The fraction of sp³-hybridized carbons (Fsp3) is 0.564. The highest BCUT2D eigenvalue weighted by atomic mass is 16.5. The van der Waals surface area contributed by atoms with E-state index in [9.17, 15) is 43.2 Å². The smallest absolute Gasteiger partial charge is 0.302 e. The van der Waals surface area contributed by atoms with E-state index >= 15 is 0 Å². The van der Waals surface area contributed by atoms with Gasteiger partial charge in [-0.2, -0.15) is 6.42 Å². The molecule has 4 N–H and O–H groups in total. The van der Waals surface area contributed by atoms with Crippen LogP contribution >= 0.6 is 0 Å². The van der Waals surface area contributed by atoms with Gasteiger partial charge in [0.05, 0.1) is 21.3 Å². The van der Waals surface area contributed by atoms with E-state index in [1.807, 2.05) is 6.92 Å². The van der Waals surface area contributed by atoms with Crippen LogP contribution in [0.4, 0.5) is 0 Å². The van der Waals surface area contributed by atoms with E-state index in [4.69, 9.17) is 11.2 Å². The molecule has 0 unspecified atom stereocenters. The molecule has 0 rings (SSSR count). The van der Waals surface area contributed by atoms with Gasteiger partial charge in [0.15, 0.2) is 5.78 Å². The van der Waals surface area contributed by atoms with E-state index in [2.05, 4.69) is 69.8 Å². The molecule has 0 fully saturated rings. The number of hydrogen-bond acceptors (Lipinski definition) is 14. The van der Waals surface area contributed by atoms with Gasteiger partial charge in [-0.05, 0) is 46.0 Å². The summed E-state index contributed by atoms with van der Waals surface area (Å²) < 4.78 is 16.8. The van der Waals surface area contributed by atoms with Gasteiger partial charge in [-0.25, -0.2) is 5.92 Å². The molecular formula is C39H71N4O14-. The molecule has 0 atom stereocenters. The van der Waals surface area contributed by atoms with Crippen molar-refractivity contribution in [2.24, 2.45) is 0 Å². The maximum Gasteiger partial charge on any atom is 0.302 e. The first kappa shape index (κ1) is 79.5. The van der Waals surface area contributed by atoms with Crippen LogP contribution in [-0.4, -0.2) is 123 Å². The van der Waals surface area contributed by atoms with E-state index in [0.29, 0.717) is 12.8 Å². The molecule has 0 aromatic rings. The first-order chi connectivity index (χ1) is 25.8. The Hall–Kier alpha value is -6.19. The molecule has 0 spiro atoms. The molecule has 0 radical (unpaired) electrons. The number of ether oxygens (including phenoxy) is 4. The Labute approximate surface area is 342 Å². The zero-order valence-electron chi connectivity index (χ0n) is 36.6.